The number of hydrogen-bond donors (Lipinski definition) is 0. The summed E-state index contributed by atoms with van der Waals surface area (Å²) in [5, 5.41) is 22.6. The summed E-state index contributed by atoms with van der Waals surface area (Å²) in [6, 6.07) is 11.0. The van der Waals surface area contributed by atoms with Crippen molar-refractivity contribution in [1.29, 1.82) is 0 Å². The van der Waals surface area contributed by atoms with E-state index in [4.69, 9.17) is 0 Å². The third-order valence-electron chi connectivity index (χ3n) is 5.85. The van der Waals surface area contributed by atoms with E-state index >= 15 is 0 Å². The molecule has 0 aromatic heterocycles. The molecule has 2 aliphatic rings. The second-order valence-corrected chi connectivity index (χ2v) is 7.68. The van der Waals surface area contributed by atoms with Gasteiger partial charge in [0.1, 0.15) is 5.69 Å². The number of carbonyl (C=O) groups is 1. The molecule has 1 amide bonds. The van der Waals surface area contributed by atoms with Crippen LogP contribution >= 0.6 is 0 Å². The van der Waals surface area contributed by atoms with E-state index in [1.54, 1.807) is 29.2 Å². The number of amides is 1. The first-order chi connectivity index (χ1) is 15.0. The minimum absolute atomic E-state index is 0.0391. The Labute approximate surface area is 179 Å². The number of non-ortho nitro benzene ring substituents is 1. The van der Waals surface area contributed by atoms with Gasteiger partial charge in [-0.2, -0.15) is 0 Å². The first kappa shape index (κ1) is 20.6. The van der Waals surface area contributed by atoms with Crippen LogP contribution in [-0.4, -0.2) is 59.9 Å². The molecule has 2 heterocycles. The Bertz CT molecular complexity index is 1010. The molecule has 0 spiro atoms. The van der Waals surface area contributed by atoms with E-state index in [0.29, 0.717) is 37.4 Å². The number of nitro benzene ring substituents is 2. The highest BCUT2D eigenvalue weighted by Gasteiger charge is 2.29. The van der Waals surface area contributed by atoms with E-state index in [9.17, 15) is 25.0 Å². The molecule has 0 saturated carbocycles. The van der Waals surface area contributed by atoms with Crippen molar-refractivity contribution in [3.05, 3.63) is 68.3 Å². The number of rotatable bonds is 5. The Morgan fingerprint density at radius 2 is 1.42 bits per heavy atom. The quantitative estimate of drug-likeness (QED) is 0.534. The van der Waals surface area contributed by atoms with Gasteiger partial charge in [0.05, 0.1) is 21.1 Å². The second kappa shape index (κ2) is 8.58. The lowest BCUT2D eigenvalue weighted by Crippen LogP contribution is -2.49. The van der Waals surface area contributed by atoms with Crippen molar-refractivity contribution in [1.82, 2.24) is 4.90 Å². The lowest BCUT2D eigenvalue weighted by molar-refractivity contribution is -0.384. The predicted molar refractivity (Wildman–Crippen MR) is 116 cm³/mol. The van der Waals surface area contributed by atoms with Crippen LogP contribution in [0.3, 0.4) is 0 Å². The molecule has 0 atom stereocenters. The Kier molecular flexibility index (Phi) is 5.70. The maximum absolute atomic E-state index is 13.3. The van der Waals surface area contributed by atoms with Crippen LogP contribution in [0.25, 0.3) is 0 Å². The van der Waals surface area contributed by atoms with Crippen molar-refractivity contribution < 1.29 is 14.6 Å². The molecule has 2 aliphatic heterocycles. The Morgan fingerprint density at radius 1 is 0.774 bits per heavy atom. The summed E-state index contributed by atoms with van der Waals surface area (Å²) in [5.41, 5.74) is 1.54. The van der Waals surface area contributed by atoms with E-state index < -0.39 is 9.85 Å². The van der Waals surface area contributed by atoms with Crippen molar-refractivity contribution in [2.45, 2.75) is 12.8 Å². The fraction of sp³-hybridized carbons (Fsp3) is 0.381. The van der Waals surface area contributed by atoms with Gasteiger partial charge in [0.25, 0.3) is 17.3 Å². The van der Waals surface area contributed by atoms with Crippen LogP contribution in [0, 0.1) is 20.2 Å². The lowest BCUT2D eigenvalue weighted by Gasteiger charge is -2.36. The average Bonchev–Trinajstić information content (AvgIpc) is 3.33. The smallest absolute Gasteiger partial charge is 0.292 e. The van der Waals surface area contributed by atoms with Crippen molar-refractivity contribution in [3.63, 3.8) is 0 Å². The summed E-state index contributed by atoms with van der Waals surface area (Å²) in [6.45, 7) is 3.31. The highest BCUT2D eigenvalue weighted by atomic mass is 16.6. The highest BCUT2D eigenvalue weighted by Crippen LogP contribution is 2.31. The third kappa shape index (κ3) is 4.14. The van der Waals surface area contributed by atoms with Gasteiger partial charge in [-0.1, -0.05) is 12.1 Å². The van der Waals surface area contributed by atoms with Gasteiger partial charge in [-0.05, 0) is 25.0 Å². The number of anilines is 2. The minimum Gasteiger partial charge on any atom is -0.371 e. The van der Waals surface area contributed by atoms with E-state index in [1.807, 2.05) is 4.90 Å². The zero-order valence-corrected chi connectivity index (χ0v) is 17.0. The van der Waals surface area contributed by atoms with Crippen LogP contribution in [-0.2, 0) is 0 Å². The summed E-state index contributed by atoms with van der Waals surface area (Å²) in [4.78, 5) is 40.7. The predicted octanol–water partition coefficient (Wildman–Crippen LogP) is 3.07. The average molecular weight is 425 g/mol. The molecular weight excluding hydrogens is 402 g/mol. The summed E-state index contributed by atoms with van der Waals surface area (Å²) in [5.74, 6) is -0.243. The zero-order chi connectivity index (χ0) is 22.0. The summed E-state index contributed by atoms with van der Waals surface area (Å²) >= 11 is 0. The zero-order valence-electron chi connectivity index (χ0n) is 17.0. The minimum atomic E-state index is -0.489. The number of benzene rings is 2. The number of para-hydroxylation sites is 2. The van der Waals surface area contributed by atoms with Gasteiger partial charge in [0.15, 0.2) is 0 Å². The summed E-state index contributed by atoms with van der Waals surface area (Å²) < 4.78 is 0. The molecule has 10 heteroatoms. The number of nitrogens with zero attached hydrogens (tertiary/aromatic N) is 5. The van der Waals surface area contributed by atoms with Crippen molar-refractivity contribution >= 4 is 28.7 Å². The fourth-order valence-corrected chi connectivity index (χ4v) is 4.25. The first-order valence-corrected chi connectivity index (χ1v) is 10.3. The van der Waals surface area contributed by atoms with Gasteiger partial charge in [0.2, 0.25) is 0 Å². The summed E-state index contributed by atoms with van der Waals surface area (Å²) in [6.07, 6.45) is 2.05. The van der Waals surface area contributed by atoms with E-state index in [2.05, 4.69) is 4.90 Å². The summed E-state index contributed by atoms with van der Waals surface area (Å²) in [7, 11) is 0. The van der Waals surface area contributed by atoms with Crippen LogP contribution < -0.4 is 9.80 Å². The van der Waals surface area contributed by atoms with Crippen LogP contribution in [0.2, 0.25) is 0 Å². The van der Waals surface area contributed by atoms with Gasteiger partial charge in [0, 0.05) is 57.5 Å². The molecular formula is C21H23N5O5. The van der Waals surface area contributed by atoms with Gasteiger partial charge in [-0.3, -0.25) is 25.0 Å². The molecule has 2 aromatic carbocycles. The maximum atomic E-state index is 13.3. The number of piperazine rings is 1. The molecule has 0 unspecified atom stereocenters. The lowest BCUT2D eigenvalue weighted by atomic mass is 10.1. The Morgan fingerprint density at radius 3 is 2.06 bits per heavy atom. The molecule has 0 bridgehead atoms. The van der Waals surface area contributed by atoms with Crippen molar-refractivity contribution in [3.8, 4) is 0 Å². The van der Waals surface area contributed by atoms with Crippen molar-refractivity contribution in [2.24, 2.45) is 0 Å². The van der Waals surface area contributed by atoms with Crippen LogP contribution in [0.1, 0.15) is 23.2 Å². The molecule has 162 valence electrons. The Balaban J connectivity index is 1.54. The molecule has 4 rings (SSSR count). The number of carbonyl (C=O) groups excluding carboxylic acids is 1. The molecule has 0 aliphatic carbocycles. The topological polar surface area (TPSA) is 113 Å². The Hall–Kier alpha value is -3.69. The fourth-order valence-electron chi connectivity index (χ4n) is 4.25. The van der Waals surface area contributed by atoms with Crippen LogP contribution in [0.4, 0.5) is 22.7 Å². The largest absolute Gasteiger partial charge is 0.371 e. The molecule has 2 fully saturated rings. The highest BCUT2D eigenvalue weighted by molar-refractivity contribution is 6.00. The van der Waals surface area contributed by atoms with E-state index in [0.717, 1.165) is 31.6 Å². The van der Waals surface area contributed by atoms with Gasteiger partial charge in [-0.15, -0.1) is 0 Å². The second-order valence-electron chi connectivity index (χ2n) is 7.68. The van der Waals surface area contributed by atoms with Gasteiger partial charge < -0.3 is 14.7 Å². The van der Waals surface area contributed by atoms with Crippen molar-refractivity contribution in [2.75, 3.05) is 49.1 Å². The van der Waals surface area contributed by atoms with Gasteiger partial charge >= 0.3 is 0 Å². The number of nitro groups is 2. The standard InChI is InChI=1S/C21H23N5O5/c27-21(17-15-16(25(28)29)7-8-18(17)22-9-3-4-10-22)24-13-11-23(12-14-24)19-5-1-2-6-20(19)26(30)31/h1-2,5-8,15H,3-4,9-14H2. The van der Waals surface area contributed by atoms with Gasteiger partial charge in [-0.25, -0.2) is 0 Å². The number of hydrogen-bond acceptors (Lipinski definition) is 7. The normalized spacial score (nSPS) is 16.5. The molecule has 31 heavy (non-hydrogen) atoms. The first-order valence-electron chi connectivity index (χ1n) is 10.3. The SMILES string of the molecule is O=C(c1cc([N+](=O)[O-])ccc1N1CCCC1)N1CCN(c2ccccc2[N+](=O)[O-])CC1. The molecule has 0 N–H and O–H groups in total. The van der Waals surface area contributed by atoms with E-state index in [1.165, 1.54) is 18.2 Å². The van der Waals surface area contributed by atoms with Crippen LogP contribution in [0.5, 0.6) is 0 Å². The molecule has 10 nitrogen and oxygen atoms in total. The van der Waals surface area contributed by atoms with E-state index in [-0.39, 0.29) is 17.3 Å². The third-order valence-corrected chi connectivity index (χ3v) is 5.85. The maximum Gasteiger partial charge on any atom is 0.292 e. The molecule has 0 radical (unpaired) electrons. The van der Waals surface area contributed by atoms with Crippen LogP contribution in [0.15, 0.2) is 42.5 Å². The monoisotopic (exact) mass is 425 g/mol. The molecule has 2 aromatic rings. The molecule has 2 saturated heterocycles.